The number of rotatable bonds is 31. The summed E-state index contributed by atoms with van der Waals surface area (Å²) in [4.78, 5) is 0. The molecule has 840 valence electrons. The summed E-state index contributed by atoms with van der Waals surface area (Å²) in [7, 11) is 3.44. The summed E-state index contributed by atoms with van der Waals surface area (Å²) in [6.07, 6.45) is 22.8. The summed E-state index contributed by atoms with van der Waals surface area (Å²) >= 11 is 0. The third-order valence-electron chi connectivity index (χ3n) is 23.6. The van der Waals surface area contributed by atoms with Crippen LogP contribution in [0.2, 0.25) is 0 Å². The van der Waals surface area contributed by atoms with Gasteiger partial charge < -0.3 is 48.1 Å². The third-order valence-corrected chi connectivity index (χ3v) is 23.6. The summed E-state index contributed by atoms with van der Waals surface area (Å²) in [5, 5.41) is 18.7. The Bertz CT molecular complexity index is 5190. The quantitative estimate of drug-likeness (QED) is 0.0435. The Morgan fingerprint density at radius 1 is 0.187 bits per heavy atom. The maximum atomic E-state index is 9.51. The molecule has 10 aromatic carbocycles. The van der Waals surface area contributed by atoms with Crippen molar-refractivity contribution in [2.24, 2.45) is 54.1 Å². The molecule has 10 rings (SSSR count). The number of hydrogen-bond donors (Lipinski definition) is 2. The van der Waals surface area contributed by atoms with Crippen LogP contribution in [0.4, 0.5) is 0 Å². The zero-order chi connectivity index (χ0) is 114. The number of phenolic OH excluding ortho intramolecular Hbond substituents is 2. The highest BCUT2D eigenvalue weighted by molar-refractivity contribution is 5.38. The second-order valence-corrected chi connectivity index (χ2v) is 55.3. The molecule has 150 heavy (non-hydrogen) atoms. The number of methoxy groups -OCH3 is 2. The third kappa shape index (κ3) is 78.4. The molecule has 0 radical (unpaired) electrons. The largest absolute Gasteiger partial charge is 0.508 e. The predicted molar refractivity (Wildman–Crippen MR) is 653 cm³/mol. The number of ether oxygens (including phenoxy) is 8. The van der Waals surface area contributed by atoms with Gasteiger partial charge in [-0.2, -0.15) is 0 Å². The van der Waals surface area contributed by atoms with Crippen molar-refractivity contribution in [1.29, 1.82) is 0 Å². The molecule has 0 fully saturated rings. The number of phenols is 2. The fraction of sp³-hybridized carbons (Fsp3) is 0.571. The number of benzene rings is 10. The minimum absolute atomic E-state index is 0.118. The molecule has 0 aliphatic rings. The van der Waals surface area contributed by atoms with Crippen molar-refractivity contribution in [2.75, 3.05) is 34.0 Å². The van der Waals surface area contributed by atoms with E-state index in [1.54, 1.807) is 26.4 Å². The van der Waals surface area contributed by atoms with E-state index in [2.05, 4.69) is 428 Å². The summed E-state index contributed by atoms with van der Waals surface area (Å²) in [5.74, 6) is 8.72. The average molecular weight is 2060 g/mol. The molecule has 10 nitrogen and oxygen atoms in total. The van der Waals surface area contributed by atoms with Crippen LogP contribution in [-0.4, -0.2) is 61.1 Å². The summed E-state index contributed by atoms with van der Waals surface area (Å²) in [6, 6.07) is 82.2. The molecule has 2 N–H and O–H groups in total. The Hall–Kier alpha value is -9.80. The first-order chi connectivity index (χ1) is 69.0. The van der Waals surface area contributed by atoms with Gasteiger partial charge in [0.2, 0.25) is 0 Å². The Balaban J connectivity index is 0.000000834. The second kappa shape index (κ2) is 67.0. The van der Waals surface area contributed by atoms with Crippen LogP contribution in [0.1, 0.15) is 411 Å². The van der Waals surface area contributed by atoms with E-state index < -0.39 is 0 Å². The molecule has 10 aromatic rings. The van der Waals surface area contributed by atoms with Gasteiger partial charge in [0.15, 0.2) is 0 Å². The van der Waals surface area contributed by atoms with E-state index in [-0.39, 0.29) is 16.8 Å². The van der Waals surface area contributed by atoms with Gasteiger partial charge in [-0.1, -0.05) is 353 Å². The van der Waals surface area contributed by atoms with Gasteiger partial charge in [-0.15, -0.1) is 0 Å². The van der Waals surface area contributed by atoms with Crippen LogP contribution in [0.15, 0.2) is 243 Å². The first-order valence-electron chi connectivity index (χ1n) is 56.3. The number of aromatic hydroxyl groups is 2. The van der Waals surface area contributed by atoms with Gasteiger partial charge in [0.25, 0.3) is 0 Å². The van der Waals surface area contributed by atoms with Crippen LogP contribution in [0.25, 0.3) is 0 Å². The molecule has 0 heterocycles. The zero-order valence-electron chi connectivity index (χ0n) is 104. The number of aryl methyl sites for hydroxylation is 10. The molecule has 0 aliphatic carbocycles. The number of para-hydroxylation sites is 4. The molecule has 0 unspecified atom stereocenters. The van der Waals surface area contributed by atoms with Gasteiger partial charge in [0, 0.05) is 0 Å². The molecule has 0 aliphatic heterocycles. The average Bonchev–Trinajstić information content (AvgIpc) is 0.874. The van der Waals surface area contributed by atoms with Crippen molar-refractivity contribution in [3.8, 4) is 57.5 Å². The predicted octanol–water partition coefficient (Wildman–Crippen LogP) is 40.8. The topological polar surface area (TPSA) is 114 Å². The molecule has 0 bridgehead atoms. The molecule has 0 spiro atoms. The van der Waals surface area contributed by atoms with Crippen molar-refractivity contribution < 1.29 is 48.1 Å². The fourth-order valence-corrected chi connectivity index (χ4v) is 14.5. The van der Waals surface area contributed by atoms with Crippen LogP contribution >= 0.6 is 0 Å². The van der Waals surface area contributed by atoms with Crippen molar-refractivity contribution in [3.05, 3.63) is 298 Å². The highest BCUT2D eigenvalue weighted by atomic mass is 16.5. The molecule has 0 amide bonds. The lowest BCUT2D eigenvalue weighted by Gasteiger charge is -2.24. The lowest BCUT2D eigenvalue weighted by atomic mass is 9.88. The first kappa shape index (κ1) is 138. The molecule has 0 aromatic heterocycles. The van der Waals surface area contributed by atoms with Gasteiger partial charge in [0.1, 0.15) is 74.3 Å². The zero-order valence-corrected chi connectivity index (χ0v) is 104. The molecular formula is C140H220O10. The van der Waals surface area contributed by atoms with E-state index in [1.807, 2.05) is 93.6 Å². The Kier molecular flexibility index (Phi) is 61.7. The van der Waals surface area contributed by atoms with E-state index in [0.29, 0.717) is 65.6 Å². The summed E-state index contributed by atoms with van der Waals surface area (Å²) in [5.41, 5.74) is 16.6. The minimum Gasteiger partial charge on any atom is -0.508 e. The SMILES string of the molecule is CC(C)(C)CCc1ccc(OC(C)(C)C)cc1.CC(C)(C)CCc1cccc(O)c1.CC(C)(C)CCc1cccc(OC(C)(C)C)c1.CC(C)(C)CCc1ccccc1O.CC(C)(C)CCc1ccccc1OC(C)(C)C.CCOc1ccc(CCC(C)(C)C)cc1.CCOc1cccc(CCC(C)(C)C)c1.CCOc1ccccc1CCC(C)(C)C.COc1cccc(CCC(C)(C)C)c1.COc1ccccc1CCC(C)(C)C. The molecular weight excluding hydrogens is 1840 g/mol. The van der Waals surface area contributed by atoms with Gasteiger partial charge in [-0.05, 0) is 418 Å². The van der Waals surface area contributed by atoms with E-state index in [1.165, 1.54) is 101 Å². The van der Waals surface area contributed by atoms with Crippen molar-refractivity contribution in [3.63, 3.8) is 0 Å². The summed E-state index contributed by atoms with van der Waals surface area (Å²) < 4.78 is 44.7. The lowest BCUT2D eigenvalue weighted by molar-refractivity contribution is 0.129. The Labute approximate surface area is 922 Å². The molecule has 0 saturated carbocycles. The smallest absolute Gasteiger partial charge is 0.123 e. The van der Waals surface area contributed by atoms with Crippen LogP contribution in [0.5, 0.6) is 57.5 Å². The minimum atomic E-state index is -0.127. The van der Waals surface area contributed by atoms with E-state index in [4.69, 9.17) is 37.9 Å². The van der Waals surface area contributed by atoms with Gasteiger partial charge in [-0.25, -0.2) is 0 Å². The van der Waals surface area contributed by atoms with E-state index >= 15 is 0 Å². The maximum absolute atomic E-state index is 9.51. The highest BCUT2D eigenvalue weighted by Crippen LogP contribution is 2.36. The van der Waals surface area contributed by atoms with Crippen molar-refractivity contribution in [1.82, 2.24) is 0 Å². The van der Waals surface area contributed by atoms with Crippen LogP contribution < -0.4 is 37.9 Å². The normalized spacial score (nSPS) is 11.9. The van der Waals surface area contributed by atoms with Crippen LogP contribution in [0, 0.1) is 54.1 Å². The molecule has 0 saturated heterocycles. The maximum Gasteiger partial charge on any atom is 0.123 e. The summed E-state index contributed by atoms with van der Waals surface area (Å²) in [6.45, 7) is 95.0. The fourth-order valence-electron chi connectivity index (χ4n) is 14.5. The standard InChI is InChI=1S/3C16H26O.3C14H22O.2C13H20O.2C12H18O/c1-15(2,3)12-11-13-7-9-14(10-8-13)17-16(4,5)6;1-15(2,3)11-10-13-8-7-9-14(12-13)17-16(4,5)6;1-15(2,3)12-11-13-9-7-8-10-14(13)17-16(4,5)6;1-5-15-13-8-6-12(7-9-13)10-11-14(2,3)4;1-5-15-13-8-6-7-12(11-13)9-10-14(2,3)4;1-5-15-13-9-7-6-8-12(13)10-11-14(2,3)4;1-13(2,3)9-8-11-6-5-7-12(10-11)14-4;1-13(2,3)10-9-11-7-5-6-8-12(11)14-4;1-12(2,3)8-7-10-5-4-6-11(13)9-10;1-12(2,3)9-8-10-6-4-5-7-11(10)13/h7-10H,11-12H2,1-6H3;7-9,12H,10-11H2,1-6H3;7-10H,11-12H2,1-6H3;6-9H,5,10-11H2,1-4H3;6-8,11H,5,9-10H2,1-4H3;6-9H,5,10-11H2,1-4H3;5-7,10H,8-9H2,1-4H3;5-8H,9-10H2,1-4H3;4-6,9,13H,7-8H2,1-3H3;4-7,13H,8-9H2,1-3H3. The van der Waals surface area contributed by atoms with Crippen LogP contribution in [0.3, 0.4) is 0 Å². The van der Waals surface area contributed by atoms with Crippen molar-refractivity contribution in [2.45, 2.75) is 436 Å². The number of hydrogen-bond acceptors (Lipinski definition) is 10. The van der Waals surface area contributed by atoms with E-state index in [9.17, 15) is 10.2 Å². The van der Waals surface area contributed by atoms with E-state index in [0.717, 1.165) is 148 Å². The van der Waals surface area contributed by atoms with Crippen molar-refractivity contribution >= 4 is 0 Å². The lowest BCUT2D eigenvalue weighted by Crippen LogP contribution is -2.23. The first-order valence-corrected chi connectivity index (χ1v) is 56.3. The van der Waals surface area contributed by atoms with Crippen LogP contribution in [-0.2, 0) is 64.2 Å². The van der Waals surface area contributed by atoms with Gasteiger partial charge in [-0.3, -0.25) is 0 Å². The monoisotopic (exact) mass is 2060 g/mol. The van der Waals surface area contributed by atoms with Gasteiger partial charge >= 0.3 is 0 Å². The Morgan fingerprint density at radius 3 is 0.773 bits per heavy atom. The molecule has 0 atom stereocenters. The molecule has 10 heteroatoms. The van der Waals surface area contributed by atoms with Gasteiger partial charge in [0.05, 0.1) is 34.0 Å². The Morgan fingerprint density at radius 2 is 0.440 bits per heavy atom. The highest BCUT2D eigenvalue weighted by Gasteiger charge is 2.23. The second-order valence-electron chi connectivity index (χ2n) is 55.3.